The number of nitrogens with one attached hydrogen (secondary N) is 1. The van der Waals surface area contributed by atoms with Crippen molar-refractivity contribution in [2.75, 3.05) is 12.4 Å². The lowest BCUT2D eigenvalue weighted by atomic mass is 10.0. The van der Waals surface area contributed by atoms with Crippen molar-refractivity contribution in [2.45, 2.75) is 13.1 Å². The monoisotopic (exact) mass is 439 g/mol. The van der Waals surface area contributed by atoms with E-state index in [0.29, 0.717) is 23.1 Å². The van der Waals surface area contributed by atoms with E-state index in [2.05, 4.69) is 20.4 Å². The smallest absolute Gasteiger partial charge is 0.416 e. The minimum absolute atomic E-state index is 0.267. The van der Waals surface area contributed by atoms with Gasteiger partial charge in [0.25, 0.3) is 0 Å². The molecule has 0 radical (unpaired) electrons. The van der Waals surface area contributed by atoms with Crippen LogP contribution in [0.15, 0.2) is 60.8 Å². The molecule has 164 valence electrons. The molecule has 2 aromatic carbocycles. The minimum Gasteiger partial charge on any atom is -0.496 e. The van der Waals surface area contributed by atoms with Gasteiger partial charge in [0, 0.05) is 35.8 Å². The second-order valence-corrected chi connectivity index (χ2v) is 7.19. The second-order valence-electron chi connectivity index (χ2n) is 7.19. The normalized spacial score (nSPS) is 11.4. The van der Waals surface area contributed by atoms with Crippen LogP contribution in [-0.4, -0.2) is 26.9 Å². The molecule has 0 bridgehead atoms. The van der Waals surface area contributed by atoms with E-state index < -0.39 is 11.7 Å². The molecule has 32 heavy (non-hydrogen) atoms. The highest BCUT2D eigenvalue weighted by molar-refractivity contribution is 5.75. The lowest BCUT2D eigenvalue weighted by molar-refractivity contribution is -0.137. The van der Waals surface area contributed by atoms with Crippen molar-refractivity contribution in [3.05, 3.63) is 72.1 Å². The Bertz CT molecular complexity index is 1270. The maximum Gasteiger partial charge on any atom is 0.416 e. The molecule has 0 aliphatic heterocycles. The first-order valence-electron chi connectivity index (χ1n) is 9.71. The Morgan fingerprint density at radius 2 is 1.81 bits per heavy atom. The van der Waals surface area contributed by atoms with Gasteiger partial charge < -0.3 is 10.1 Å². The number of hydrogen-bond donors (Lipinski definition) is 1. The average molecular weight is 439 g/mol. The number of benzene rings is 2. The Kier molecular flexibility index (Phi) is 5.56. The van der Waals surface area contributed by atoms with Gasteiger partial charge in [-0.2, -0.15) is 18.2 Å². The number of aryl methyl sites for hydroxylation is 2. The summed E-state index contributed by atoms with van der Waals surface area (Å²) in [7, 11) is 3.25. The molecule has 0 fully saturated rings. The summed E-state index contributed by atoms with van der Waals surface area (Å²) in [5, 5.41) is 7.29. The van der Waals surface area contributed by atoms with Crippen LogP contribution in [-0.2, 0) is 13.2 Å². The van der Waals surface area contributed by atoms with E-state index in [4.69, 9.17) is 4.74 Å². The van der Waals surface area contributed by atoms with E-state index in [1.165, 1.54) is 16.8 Å². The van der Waals surface area contributed by atoms with Crippen molar-refractivity contribution in [3.63, 3.8) is 0 Å². The highest BCUT2D eigenvalue weighted by atomic mass is 19.4. The molecule has 9 heteroatoms. The van der Waals surface area contributed by atoms with Gasteiger partial charge in [0.1, 0.15) is 5.75 Å². The predicted molar refractivity (Wildman–Crippen MR) is 116 cm³/mol. The Morgan fingerprint density at radius 1 is 1.00 bits per heavy atom. The fourth-order valence-corrected chi connectivity index (χ4v) is 3.30. The third-order valence-electron chi connectivity index (χ3n) is 4.88. The van der Waals surface area contributed by atoms with Crippen LogP contribution in [0.3, 0.4) is 0 Å². The largest absolute Gasteiger partial charge is 0.496 e. The van der Waals surface area contributed by atoms with E-state index in [1.54, 1.807) is 20.4 Å². The van der Waals surface area contributed by atoms with Crippen LogP contribution >= 0.6 is 0 Å². The molecule has 0 saturated heterocycles. The number of hydrogen-bond acceptors (Lipinski definition) is 5. The fourth-order valence-electron chi connectivity index (χ4n) is 3.30. The summed E-state index contributed by atoms with van der Waals surface area (Å²) < 4.78 is 46.0. The number of ether oxygens (including phenoxy) is 1. The molecule has 4 aromatic rings. The maximum atomic E-state index is 13.0. The topological polar surface area (TPSA) is 64.9 Å². The maximum absolute atomic E-state index is 13.0. The molecule has 0 aliphatic rings. The second kappa shape index (κ2) is 8.33. The zero-order valence-electron chi connectivity index (χ0n) is 17.6. The molecule has 1 N–H and O–H groups in total. The molecule has 0 unspecified atom stereocenters. The summed E-state index contributed by atoms with van der Waals surface area (Å²) >= 11 is 0. The highest BCUT2D eigenvalue weighted by Crippen LogP contribution is 2.34. The number of rotatable bonds is 5. The standard InChI is InChI=1S/C23H20F3N5O/c1-14-11-15(9-10-27-14)19-8-7-16(12-20(19)32-3)21-29-22(31(2)30-21)28-18-6-4-5-17(13-18)23(24,25)26/h4-13H,1-3H3,(H,28,29,30). The molecule has 0 saturated carbocycles. The molecule has 4 rings (SSSR count). The molecular formula is C23H20F3N5O. The van der Waals surface area contributed by atoms with Gasteiger partial charge in [-0.05, 0) is 55.0 Å². The summed E-state index contributed by atoms with van der Waals surface area (Å²) in [6, 6.07) is 14.4. The van der Waals surface area contributed by atoms with Crippen LogP contribution in [0.1, 0.15) is 11.3 Å². The van der Waals surface area contributed by atoms with Crippen LogP contribution in [0.2, 0.25) is 0 Å². The molecule has 2 heterocycles. The van der Waals surface area contributed by atoms with Gasteiger partial charge in [-0.25, -0.2) is 4.68 Å². The zero-order valence-corrected chi connectivity index (χ0v) is 17.6. The SMILES string of the molecule is COc1cc(-c2nc(Nc3cccc(C(F)(F)F)c3)n(C)n2)ccc1-c1ccnc(C)c1. The number of methoxy groups -OCH3 is 1. The van der Waals surface area contributed by atoms with Gasteiger partial charge in [-0.3, -0.25) is 4.98 Å². The molecule has 0 spiro atoms. The third kappa shape index (κ3) is 4.41. The van der Waals surface area contributed by atoms with Gasteiger partial charge in [0.2, 0.25) is 5.95 Å². The first-order chi connectivity index (χ1) is 15.2. The highest BCUT2D eigenvalue weighted by Gasteiger charge is 2.30. The number of halogens is 3. The van der Waals surface area contributed by atoms with Gasteiger partial charge in [0.15, 0.2) is 5.82 Å². The van der Waals surface area contributed by atoms with Crippen molar-refractivity contribution in [2.24, 2.45) is 7.05 Å². The molecule has 0 atom stereocenters. The fraction of sp³-hybridized carbons (Fsp3) is 0.174. The van der Waals surface area contributed by atoms with E-state index in [1.807, 2.05) is 37.3 Å². The quantitative estimate of drug-likeness (QED) is 0.437. The van der Waals surface area contributed by atoms with Gasteiger partial charge in [0.05, 0.1) is 12.7 Å². The Morgan fingerprint density at radius 3 is 2.53 bits per heavy atom. The average Bonchev–Trinajstić information content (AvgIpc) is 3.13. The van der Waals surface area contributed by atoms with Crippen LogP contribution < -0.4 is 10.1 Å². The lowest BCUT2D eigenvalue weighted by Gasteiger charge is -2.10. The molecule has 0 amide bonds. The summed E-state index contributed by atoms with van der Waals surface area (Å²) in [6.45, 7) is 1.92. The molecule has 0 aliphatic carbocycles. The third-order valence-corrected chi connectivity index (χ3v) is 4.88. The number of aromatic nitrogens is 4. The van der Waals surface area contributed by atoms with E-state index in [9.17, 15) is 13.2 Å². The predicted octanol–water partition coefficient (Wildman–Crippen LogP) is 5.62. The van der Waals surface area contributed by atoms with Crippen molar-refractivity contribution >= 4 is 11.6 Å². The summed E-state index contributed by atoms with van der Waals surface area (Å²) in [4.78, 5) is 8.67. The first kappa shape index (κ1) is 21.4. The van der Waals surface area contributed by atoms with Crippen molar-refractivity contribution in [1.29, 1.82) is 0 Å². The summed E-state index contributed by atoms with van der Waals surface area (Å²) in [5.74, 6) is 1.37. The van der Waals surface area contributed by atoms with Crippen molar-refractivity contribution in [1.82, 2.24) is 19.7 Å². The summed E-state index contributed by atoms with van der Waals surface area (Å²) in [5.41, 5.74) is 3.01. The van der Waals surface area contributed by atoms with Gasteiger partial charge in [-0.1, -0.05) is 12.1 Å². The minimum atomic E-state index is -4.42. The number of nitrogens with zero attached hydrogens (tertiary/aromatic N) is 4. The van der Waals surface area contributed by atoms with Crippen LogP contribution in [0.5, 0.6) is 5.75 Å². The Hall–Kier alpha value is -3.88. The van der Waals surface area contributed by atoms with E-state index in [-0.39, 0.29) is 5.69 Å². The van der Waals surface area contributed by atoms with Crippen LogP contribution in [0, 0.1) is 6.92 Å². The van der Waals surface area contributed by atoms with Crippen molar-refractivity contribution < 1.29 is 17.9 Å². The summed E-state index contributed by atoms with van der Waals surface area (Å²) in [6.07, 6.45) is -2.68. The Balaban J connectivity index is 1.64. The number of anilines is 2. The van der Waals surface area contributed by atoms with E-state index >= 15 is 0 Å². The number of pyridine rings is 1. The van der Waals surface area contributed by atoms with Gasteiger partial charge >= 0.3 is 6.18 Å². The Labute approximate surface area is 182 Å². The van der Waals surface area contributed by atoms with Crippen molar-refractivity contribution in [3.8, 4) is 28.3 Å². The first-order valence-corrected chi connectivity index (χ1v) is 9.71. The lowest BCUT2D eigenvalue weighted by Crippen LogP contribution is -2.06. The van der Waals surface area contributed by atoms with Crippen LogP contribution in [0.4, 0.5) is 24.8 Å². The molecular weight excluding hydrogens is 419 g/mol. The van der Waals surface area contributed by atoms with Crippen LogP contribution in [0.25, 0.3) is 22.5 Å². The number of alkyl halides is 3. The zero-order chi connectivity index (χ0) is 22.9. The van der Waals surface area contributed by atoms with E-state index in [0.717, 1.165) is 29.0 Å². The molecule has 2 aromatic heterocycles. The molecule has 6 nitrogen and oxygen atoms in total. The van der Waals surface area contributed by atoms with Gasteiger partial charge in [-0.15, -0.1) is 5.10 Å².